The van der Waals surface area contributed by atoms with Gasteiger partial charge in [0.25, 0.3) is 0 Å². The van der Waals surface area contributed by atoms with E-state index in [1.807, 2.05) is 30.3 Å². The zero-order chi connectivity index (χ0) is 25.2. The van der Waals surface area contributed by atoms with Crippen molar-refractivity contribution in [2.45, 2.75) is 31.3 Å². The molecule has 6 nitrogen and oxygen atoms in total. The van der Waals surface area contributed by atoms with Crippen LogP contribution in [0.5, 0.6) is 0 Å². The molecule has 0 N–H and O–H groups in total. The highest BCUT2D eigenvalue weighted by Gasteiger charge is 2.17. The number of nitrogens with zero attached hydrogens (tertiary/aromatic N) is 6. The summed E-state index contributed by atoms with van der Waals surface area (Å²) < 4.78 is 30.7. The number of thioether (sulfide) groups is 1. The first kappa shape index (κ1) is 27.3. The number of aryl methyl sites for hydroxylation is 2. The van der Waals surface area contributed by atoms with E-state index in [-0.39, 0.29) is 12.4 Å². The molecule has 0 saturated heterocycles. The number of aromatic nitrogens is 5. The van der Waals surface area contributed by atoms with Crippen LogP contribution in [-0.4, -0.2) is 54.8 Å². The zero-order valence-electron chi connectivity index (χ0n) is 21.2. The summed E-state index contributed by atoms with van der Waals surface area (Å²) in [6.45, 7) is 5.17. The maximum Gasteiger partial charge on any atom is 0.191 e. The third-order valence-electron chi connectivity index (χ3n) is 6.76. The van der Waals surface area contributed by atoms with E-state index in [9.17, 15) is 8.78 Å². The van der Waals surface area contributed by atoms with Crippen molar-refractivity contribution in [3.63, 3.8) is 0 Å². The Morgan fingerprint density at radius 1 is 0.892 bits per heavy atom. The number of fused-ring (bicyclic) bond motifs is 1. The molecule has 2 aromatic carbocycles. The quantitative estimate of drug-likeness (QED) is 0.228. The summed E-state index contributed by atoms with van der Waals surface area (Å²) in [4.78, 5) is 2.54. The lowest BCUT2D eigenvalue weighted by atomic mass is 9.99. The molecule has 1 aliphatic heterocycles. The van der Waals surface area contributed by atoms with E-state index in [2.05, 4.69) is 44.5 Å². The van der Waals surface area contributed by atoms with Crippen LogP contribution in [-0.2, 0) is 26.9 Å². The molecule has 0 aliphatic carbocycles. The molecule has 0 unspecified atom stereocenters. The van der Waals surface area contributed by atoms with Crippen LogP contribution in [0.4, 0.5) is 8.78 Å². The lowest BCUT2D eigenvalue weighted by Crippen LogP contribution is -2.27. The number of halogens is 3. The van der Waals surface area contributed by atoms with Gasteiger partial charge in [0.1, 0.15) is 0 Å². The molecular formula is C27H31ClF2N6S. The summed E-state index contributed by atoms with van der Waals surface area (Å²) in [5, 5.41) is 13.7. The predicted octanol–water partition coefficient (Wildman–Crippen LogP) is 5.47. The van der Waals surface area contributed by atoms with Gasteiger partial charge >= 0.3 is 0 Å². The molecule has 5 rings (SSSR count). The number of hydrogen-bond acceptors (Lipinski definition) is 5. The second-order valence-electron chi connectivity index (χ2n) is 9.32. The number of hydrogen-bond donors (Lipinski definition) is 0. The monoisotopic (exact) mass is 544 g/mol. The van der Waals surface area contributed by atoms with Crippen LogP contribution in [0.25, 0.3) is 22.6 Å². The molecule has 0 bridgehead atoms. The molecule has 1 aliphatic rings. The molecule has 0 amide bonds. The van der Waals surface area contributed by atoms with Crippen molar-refractivity contribution in [1.29, 1.82) is 0 Å². The van der Waals surface area contributed by atoms with E-state index >= 15 is 0 Å². The molecule has 10 heteroatoms. The van der Waals surface area contributed by atoms with Gasteiger partial charge < -0.3 is 9.47 Å². The molecule has 37 heavy (non-hydrogen) atoms. The van der Waals surface area contributed by atoms with Crippen LogP contribution in [0.3, 0.4) is 0 Å². The Kier molecular flexibility index (Phi) is 8.67. The van der Waals surface area contributed by atoms with Gasteiger partial charge in [-0.1, -0.05) is 23.9 Å². The first-order chi connectivity index (χ1) is 17.4. The van der Waals surface area contributed by atoms with Gasteiger partial charge in [-0.05, 0) is 74.2 Å². The van der Waals surface area contributed by atoms with Crippen LogP contribution in [0, 0.1) is 18.6 Å². The van der Waals surface area contributed by atoms with Crippen LogP contribution in [0.2, 0.25) is 0 Å². The van der Waals surface area contributed by atoms with Gasteiger partial charge in [0, 0.05) is 44.1 Å². The Hall–Kier alpha value is -2.75. The molecule has 4 aromatic rings. The van der Waals surface area contributed by atoms with Crippen molar-refractivity contribution in [2.75, 3.05) is 25.4 Å². The lowest BCUT2D eigenvalue weighted by molar-refractivity contribution is 0.289. The minimum atomic E-state index is -0.882. The molecular weight excluding hydrogens is 514 g/mol. The average molecular weight is 545 g/mol. The smallest absolute Gasteiger partial charge is 0.191 e. The molecule has 2 aromatic heterocycles. The Balaban J connectivity index is 0.00000320. The minimum Gasteiger partial charge on any atom is -0.305 e. The van der Waals surface area contributed by atoms with E-state index in [1.165, 1.54) is 22.8 Å². The van der Waals surface area contributed by atoms with E-state index in [0.717, 1.165) is 73.3 Å². The lowest BCUT2D eigenvalue weighted by Gasteiger charge is -2.19. The summed E-state index contributed by atoms with van der Waals surface area (Å²) in [6, 6.07) is 12.8. The number of rotatable bonds is 7. The summed E-state index contributed by atoms with van der Waals surface area (Å²) in [5.74, 6) is -0.303. The fourth-order valence-corrected chi connectivity index (χ4v) is 5.65. The first-order valence-electron chi connectivity index (χ1n) is 12.2. The van der Waals surface area contributed by atoms with Gasteiger partial charge in [-0.2, -0.15) is 5.10 Å². The summed E-state index contributed by atoms with van der Waals surface area (Å²) in [5.41, 5.74) is 6.82. The molecule has 0 spiro atoms. The fraction of sp³-hybridized carbons (Fsp3) is 0.370. The van der Waals surface area contributed by atoms with E-state index in [4.69, 9.17) is 0 Å². The van der Waals surface area contributed by atoms with Crippen molar-refractivity contribution in [3.05, 3.63) is 70.9 Å². The Morgan fingerprint density at radius 3 is 2.38 bits per heavy atom. The highest BCUT2D eigenvalue weighted by molar-refractivity contribution is 7.99. The van der Waals surface area contributed by atoms with Crippen LogP contribution >= 0.6 is 24.2 Å². The summed E-state index contributed by atoms with van der Waals surface area (Å²) >= 11 is 1.64. The van der Waals surface area contributed by atoms with E-state index < -0.39 is 11.6 Å². The molecule has 3 heterocycles. The predicted molar refractivity (Wildman–Crippen MR) is 146 cm³/mol. The second kappa shape index (κ2) is 11.8. The van der Waals surface area contributed by atoms with Gasteiger partial charge in [0.05, 0.1) is 11.4 Å². The minimum absolute atomic E-state index is 0. The normalized spacial score (nSPS) is 13.8. The second-order valence-corrected chi connectivity index (χ2v) is 10.4. The van der Waals surface area contributed by atoms with E-state index in [1.54, 1.807) is 11.8 Å². The highest BCUT2D eigenvalue weighted by Crippen LogP contribution is 2.27. The molecule has 0 saturated carbocycles. The molecule has 0 atom stereocenters. The molecule has 0 fully saturated rings. The highest BCUT2D eigenvalue weighted by atomic mass is 35.5. The van der Waals surface area contributed by atoms with Crippen LogP contribution in [0.15, 0.2) is 47.6 Å². The third kappa shape index (κ3) is 6.05. The Labute approximate surface area is 226 Å². The standard InChI is InChI=1S/C27H30F2N6S.ClH/c1-18-15-25(34(3)32-18)21-6-5-19-9-12-35(13-10-20(19)16-21)11-4-14-36-27-31-30-26(33(27)2)22-7-8-23(28)24(29)17-22;/h5-8,15-17H,4,9-14H2,1-3H3;1H. The van der Waals surface area contributed by atoms with Crippen molar-refractivity contribution in [1.82, 2.24) is 29.4 Å². The Morgan fingerprint density at radius 2 is 1.65 bits per heavy atom. The van der Waals surface area contributed by atoms with Crippen molar-refractivity contribution in [2.24, 2.45) is 14.1 Å². The number of benzene rings is 2. The van der Waals surface area contributed by atoms with Gasteiger partial charge in [-0.3, -0.25) is 4.68 Å². The topological polar surface area (TPSA) is 51.8 Å². The first-order valence-corrected chi connectivity index (χ1v) is 13.2. The van der Waals surface area contributed by atoms with Crippen LogP contribution in [0.1, 0.15) is 23.2 Å². The Bertz CT molecular complexity index is 1390. The summed E-state index contributed by atoms with van der Waals surface area (Å²) in [6.07, 6.45) is 3.15. The van der Waals surface area contributed by atoms with Gasteiger partial charge in [-0.25, -0.2) is 8.78 Å². The average Bonchev–Trinajstić information content (AvgIpc) is 3.32. The fourth-order valence-electron chi connectivity index (χ4n) is 4.81. The van der Waals surface area contributed by atoms with Crippen molar-refractivity contribution >= 4 is 24.2 Å². The van der Waals surface area contributed by atoms with Gasteiger partial charge in [0.2, 0.25) is 0 Å². The zero-order valence-corrected chi connectivity index (χ0v) is 22.9. The third-order valence-corrected chi connectivity index (χ3v) is 7.87. The van der Waals surface area contributed by atoms with Crippen molar-refractivity contribution < 1.29 is 8.78 Å². The largest absolute Gasteiger partial charge is 0.305 e. The SMILES string of the molecule is Cc1cc(-c2ccc3c(c2)CCN(CCCSc2nnc(-c4ccc(F)c(F)c4)n2C)CC3)n(C)n1.Cl. The van der Waals surface area contributed by atoms with Gasteiger partial charge in [0.15, 0.2) is 22.6 Å². The van der Waals surface area contributed by atoms with Crippen LogP contribution < -0.4 is 0 Å². The molecule has 0 radical (unpaired) electrons. The van der Waals surface area contributed by atoms with Gasteiger partial charge in [-0.15, -0.1) is 22.6 Å². The maximum absolute atomic E-state index is 13.6. The van der Waals surface area contributed by atoms with Crippen molar-refractivity contribution in [3.8, 4) is 22.6 Å². The molecule has 196 valence electrons. The summed E-state index contributed by atoms with van der Waals surface area (Å²) in [7, 11) is 3.85. The maximum atomic E-state index is 13.6. The van der Waals surface area contributed by atoms with E-state index in [0.29, 0.717) is 11.4 Å².